The first-order valence-corrected chi connectivity index (χ1v) is 8.45. The van der Waals surface area contributed by atoms with Gasteiger partial charge in [-0.1, -0.05) is 37.0 Å². The van der Waals surface area contributed by atoms with Gasteiger partial charge in [0.15, 0.2) is 5.75 Å². The van der Waals surface area contributed by atoms with Crippen molar-refractivity contribution < 1.29 is 14.3 Å². The predicted molar refractivity (Wildman–Crippen MR) is 97.4 cm³/mol. The molecule has 0 aliphatic carbocycles. The van der Waals surface area contributed by atoms with Crippen molar-refractivity contribution >= 4 is 40.7 Å². The van der Waals surface area contributed by atoms with Crippen LogP contribution in [0.5, 0.6) is 5.75 Å². The van der Waals surface area contributed by atoms with Crippen molar-refractivity contribution in [3.8, 4) is 5.75 Å². The molecule has 0 bridgehead atoms. The molecule has 1 rings (SSSR count). The van der Waals surface area contributed by atoms with Crippen LogP contribution >= 0.6 is 23.2 Å². The van der Waals surface area contributed by atoms with Crippen LogP contribution in [0.4, 0.5) is 5.69 Å². The van der Waals surface area contributed by atoms with E-state index in [4.69, 9.17) is 27.9 Å². The summed E-state index contributed by atoms with van der Waals surface area (Å²) < 4.78 is 5.23. The first-order chi connectivity index (χ1) is 11.3. The van der Waals surface area contributed by atoms with Crippen LogP contribution < -0.4 is 15.4 Å². The molecule has 0 heterocycles. The minimum atomic E-state index is -0.336. The van der Waals surface area contributed by atoms with Gasteiger partial charge in [0.2, 0.25) is 5.91 Å². The number of ether oxygens (including phenoxy) is 1. The lowest BCUT2D eigenvalue weighted by Gasteiger charge is -2.19. The van der Waals surface area contributed by atoms with Gasteiger partial charge in [0.25, 0.3) is 5.91 Å². The van der Waals surface area contributed by atoms with Crippen molar-refractivity contribution in [3.05, 3.63) is 21.7 Å². The van der Waals surface area contributed by atoms with Crippen molar-refractivity contribution in [1.82, 2.24) is 10.2 Å². The highest BCUT2D eigenvalue weighted by molar-refractivity contribution is 6.41. The van der Waals surface area contributed by atoms with Crippen LogP contribution in [0.2, 0.25) is 10.0 Å². The molecule has 2 amide bonds. The SMILES string of the molecule is CCN(CC)CCNC(=O)c1cc(Cl)c(NC(C)=O)c(Cl)c1OC. The number of hydrogen-bond acceptors (Lipinski definition) is 4. The molecule has 2 N–H and O–H groups in total. The molecule has 6 nitrogen and oxygen atoms in total. The number of nitrogens with one attached hydrogen (secondary N) is 2. The van der Waals surface area contributed by atoms with E-state index in [9.17, 15) is 9.59 Å². The maximum atomic E-state index is 12.4. The number of benzene rings is 1. The molecule has 0 fully saturated rings. The highest BCUT2D eigenvalue weighted by Gasteiger charge is 2.21. The lowest BCUT2D eigenvalue weighted by molar-refractivity contribution is -0.114. The molecular formula is C16H23Cl2N3O3. The van der Waals surface area contributed by atoms with E-state index in [1.54, 1.807) is 0 Å². The molecule has 134 valence electrons. The van der Waals surface area contributed by atoms with Crippen LogP contribution in [0.3, 0.4) is 0 Å². The van der Waals surface area contributed by atoms with Gasteiger partial charge in [-0.2, -0.15) is 0 Å². The first-order valence-electron chi connectivity index (χ1n) is 7.69. The van der Waals surface area contributed by atoms with E-state index in [2.05, 4.69) is 29.4 Å². The zero-order valence-electron chi connectivity index (χ0n) is 14.3. The highest BCUT2D eigenvalue weighted by Crippen LogP contribution is 2.40. The van der Waals surface area contributed by atoms with E-state index < -0.39 is 0 Å². The molecule has 0 aliphatic rings. The maximum absolute atomic E-state index is 12.4. The summed E-state index contributed by atoms with van der Waals surface area (Å²) in [6.07, 6.45) is 0. The van der Waals surface area contributed by atoms with Gasteiger partial charge in [0, 0.05) is 20.0 Å². The Morgan fingerprint density at radius 2 is 1.88 bits per heavy atom. The second kappa shape index (κ2) is 9.71. The van der Waals surface area contributed by atoms with Crippen molar-refractivity contribution in [1.29, 1.82) is 0 Å². The number of hydrogen-bond donors (Lipinski definition) is 2. The monoisotopic (exact) mass is 375 g/mol. The number of rotatable bonds is 8. The van der Waals surface area contributed by atoms with E-state index >= 15 is 0 Å². The normalized spacial score (nSPS) is 10.6. The molecule has 8 heteroatoms. The largest absolute Gasteiger partial charge is 0.494 e. The third-order valence-electron chi connectivity index (χ3n) is 3.53. The van der Waals surface area contributed by atoms with Crippen molar-refractivity contribution in [2.75, 3.05) is 38.6 Å². The lowest BCUT2D eigenvalue weighted by Crippen LogP contribution is -2.35. The van der Waals surface area contributed by atoms with Crippen LogP contribution in [-0.4, -0.2) is 50.0 Å². The van der Waals surface area contributed by atoms with Gasteiger partial charge in [-0.3, -0.25) is 9.59 Å². The second-order valence-corrected chi connectivity index (χ2v) is 5.88. The zero-order chi connectivity index (χ0) is 18.3. The third kappa shape index (κ3) is 5.26. The van der Waals surface area contributed by atoms with Gasteiger partial charge < -0.3 is 20.3 Å². The molecule has 1 aromatic rings. The maximum Gasteiger partial charge on any atom is 0.255 e. The minimum Gasteiger partial charge on any atom is -0.494 e. The van der Waals surface area contributed by atoms with E-state index in [0.29, 0.717) is 6.54 Å². The number of carbonyl (C=O) groups is 2. The van der Waals surface area contributed by atoms with Gasteiger partial charge in [-0.15, -0.1) is 0 Å². The number of halogens is 2. The van der Waals surface area contributed by atoms with Gasteiger partial charge >= 0.3 is 0 Å². The first kappa shape index (κ1) is 20.5. The summed E-state index contributed by atoms with van der Waals surface area (Å²) >= 11 is 12.4. The number of anilines is 1. The summed E-state index contributed by atoms with van der Waals surface area (Å²) in [4.78, 5) is 25.8. The van der Waals surface area contributed by atoms with Crippen molar-refractivity contribution in [2.45, 2.75) is 20.8 Å². The van der Waals surface area contributed by atoms with E-state index in [1.807, 2.05) is 0 Å². The summed E-state index contributed by atoms with van der Waals surface area (Å²) in [5.41, 5.74) is 0.448. The Morgan fingerprint density at radius 1 is 1.25 bits per heavy atom. The highest BCUT2D eigenvalue weighted by atomic mass is 35.5. The molecule has 0 aromatic heterocycles. The quantitative estimate of drug-likeness (QED) is 0.732. The van der Waals surface area contributed by atoms with E-state index in [1.165, 1.54) is 20.1 Å². The Labute approximate surface area is 152 Å². The van der Waals surface area contributed by atoms with Gasteiger partial charge in [0.1, 0.15) is 5.02 Å². The van der Waals surface area contributed by atoms with E-state index in [-0.39, 0.29) is 38.9 Å². The topological polar surface area (TPSA) is 70.7 Å². The Kier molecular flexibility index (Phi) is 8.31. The predicted octanol–water partition coefficient (Wildman–Crippen LogP) is 3.03. The summed E-state index contributed by atoms with van der Waals surface area (Å²) in [5.74, 6) is -0.486. The zero-order valence-corrected chi connectivity index (χ0v) is 15.8. The fourth-order valence-corrected chi connectivity index (χ4v) is 2.85. The average molecular weight is 376 g/mol. The molecule has 0 spiro atoms. The summed E-state index contributed by atoms with van der Waals surface area (Å²) in [5, 5.41) is 5.62. The molecule has 24 heavy (non-hydrogen) atoms. The molecule has 1 aromatic carbocycles. The molecule has 0 saturated carbocycles. The standard InChI is InChI=1S/C16H23Cl2N3O3/c1-5-21(6-2)8-7-19-16(23)11-9-12(17)14(20-10(3)22)13(18)15(11)24-4/h9H,5-8H2,1-4H3,(H,19,23)(H,20,22). The fraction of sp³-hybridized carbons (Fsp3) is 0.500. The molecule has 0 saturated heterocycles. The Hall–Kier alpha value is -1.50. The van der Waals surface area contributed by atoms with Gasteiger partial charge in [0.05, 0.1) is 23.4 Å². The number of amides is 2. The fourth-order valence-electron chi connectivity index (χ4n) is 2.22. The van der Waals surface area contributed by atoms with Crippen molar-refractivity contribution in [3.63, 3.8) is 0 Å². The third-order valence-corrected chi connectivity index (χ3v) is 4.19. The number of methoxy groups -OCH3 is 1. The van der Waals surface area contributed by atoms with Crippen LogP contribution in [0.25, 0.3) is 0 Å². The number of likely N-dealkylation sites (N-methyl/N-ethyl adjacent to an activating group) is 1. The average Bonchev–Trinajstić information content (AvgIpc) is 2.54. The Morgan fingerprint density at radius 3 is 2.38 bits per heavy atom. The van der Waals surface area contributed by atoms with Gasteiger partial charge in [-0.05, 0) is 19.2 Å². The Bertz CT molecular complexity index is 605. The summed E-state index contributed by atoms with van der Waals surface area (Å²) in [7, 11) is 1.40. The number of carbonyl (C=O) groups excluding carboxylic acids is 2. The van der Waals surface area contributed by atoms with Crippen LogP contribution in [-0.2, 0) is 4.79 Å². The smallest absolute Gasteiger partial charge is 0.255 e. The van der Waals surface area contributed by atoms with Crippen molar-refractivity contribution in [2.24, 2.45) is 0 Å². The molecule has 0 aliphatic heterocycles. The molecule has 0 atom stereocenters. The number of nitrogens with zero attached hydrogens (tertiary/aromatic N) is 1. The summed E-state index contributed by atoms with van der Waals surface area (Å²) in [6, 6.07) is 1.43. The lowest BCUT2D eigenvalue weighted by atomic mass is 10.1. The van der Waals surface area contributed by atoms with Gasteiger partial charge in [-0.25, -0.2) is 0 Å². The van der Waals surface area contributed by atoms with Crippen LogP contribution in [0.1, 0.15) is 31.1 Å². The molecular weight excluding hydrogens is 353 g/mol. The molecule has 0 radical (unpaired) electrons. The Balaban J connectivity index is 2.98. The second-order valence-electron chi connectivity index (χ2n) is 5.09. The molecule has 0 unspecified atom stereocenters. The summed E-state index contributed by atoms with van der Waals surface area (Å²) in [6.45, 7) is 8.53. The van der Waals surface area contributed by atoms with Crippen LogP contribution in [0, 0.1) is 0 Å². The minimum absolute atomic E-state index is 0.0918. The van der Waals surface area contributed by atoms with Crippen LogP contribution in [0.15, 0.2) is 6.07 Å². The van der Waals surface area contributed by atoms with E-state index in [0.717, 1.165) is 19.6 Å².